The van der Waals surface area contributed by atoms with Crippen LogP contribution in [0.25, 0.3) is 10.5 Å². The lowest BCUT2D eigenvalue weighted by molar-refractivity contribution is 0.112. The number of carbonyl (C=O) groups is 1. The predicted molar refractivity (Wildman–Crippen MR) is 118 cm³/mol. The van der Waals surface area contributed by atoms with Crippen LogP contribution in [0.1, 0.15) is 33.5 Å². The van der Waals surface area contributed by atoms with E-state index in [-0.39, 0.29) is 9.80 Å². The molecule has 0 saturated heterocycles. The minimum Gasteiger partial charge on any atom is -0.298 e. The third kappa shape index (κ3) is 4.44. The van der Waals surface area contributed by atoms with E-state index in [0.717, 1.165) is 17.4 Å². The second-order valence-electron chi connectivity index (χ2n) is 6.72. The molecule has 0 amide bonds. The van der Waals surface area contributed by atoms with E-state index in [0.29, 0.717) is 23.1 Å². The van der Waals surface area contributed by atoms with Gasteiger partial charge in [-0.1, -0.05) is 78.4 Å². The first-order chi connectivity index (χ1) is 14.0. The van der Waals surface area contributed by atoms with E-state index in [1.807, 2.05) is 37.3 Å². The molecule has 0 N–H and O–H groups in total. The number of carbonyl (C=O) groups excluding carboxylic acids is 1. The summed E-state index contributed by atoms with van der Waals surface area (Å²) in [5.74, 6) is 0. The van der Waals surface area contributed by atoms with Crippen LogP contribution in [-0.4, -0.2) is 14.7 Å². The Kier molecular flexibility index (Phi) is 6.25. The maximum Gasteiger partial charge on any atom is 0.207 e. The highest BCUT2D eigenvalue weighted by molar-refractivity contribution is 8.01. The van der Waals surface area contributed by atoms with Crippen LogP contribution < -0.4 is 0 Å². The Labute approximate surface area is 172 Å². The molecule has 0 aromatic heterocycles. The number of allylic oxidation sites excluding steroid dienone is 2. The number of benzene rings is 3. The van der Waals surface area contributed by atoms with Crippen molar-refractivity contribution in [2.45, 2.75) is 18.2 Å². The minimum atomic E-state index is -3.82. The molecule has 0 unspecified atom stereocenters. The molecule has 4 heteroatoms. The standard InChI is InChI=1S/C25H22O3S/c1-3-7-24(21-8-5-4-6-9-21)25(22-14-12-20(18-26)13-15-22)29(27,28)23-16-10-19(2)11-17-23/h3-6,8-18H,1,7H2,2H3/b25-24-. The van der Waals surface area contributed by atoms with Gasteiger partial charge in [0.15, 0.2) is 0 Å². The van der Waals surface area contributed by atoms with E-state index >= 15 is 0 Å². The molecule has 0 saturated carbocycles. The Morgan fingerprint density at radius 3 is 2.03 bits per heavy atom. The van der Waals surface area contributed by atoms with Crippen molar-refractivity contribution in [1.29, 1.82) is 0 Å². The zero-order valence-corrected chi connectivity index (χ0v) is 17.0. The zero-order chi connectivity index (χ0) is 20.9. The number of aryl methyl sites for hydroxylation is 1. The van der Waals surface area contributed by atoms with Crippen molar-refractivity contribution < 1.29 is 13.2 Å². The van der Waals surface area contributed by atoms with E-state index in [2.05, 4.69) is 6.58 Å². The summed E-state index contributed by atoms with van der Waals surface area (Å²) in [6, 6.07) is 22.9. The lowest BCUT2D eigenvalue weighted by Gasteiger charge is -2.17. The number of sulfone groups is 1. The van der Waals surface area contributed by atoms with E-state index in [1.54, 1.807) is 54.6 Å². The van der Waals surface area contributed by atoms with Crippen molar-refractivity contribution in [2.75, 3.05) is 0 Å². The predicted octanol–water partition coefficient (Wildman–Crippen LogP) is 5.73. The second kappa shape index (κ2) is 8.84. The lowest BCUT2D eigenvalue weighted by atomic mass is 9.99. The Hall–Kier alpha value is -3.24. The van der Waals surface area contributed by atoms with Gasteiger partial charge >= 0.3 is 0 Å². The van der Waals surface area contributed by atoms with Crippen molar-refractivity contribution in [3.8, 4) is 0 Å². The fourth-order valence-electron chi connectivity index (χ4n) is 3.17. The summed E-state index contributed by atoms with van der Waals surface area (Å²) >= 11 is 0. The molecule has 29 heavy (non-hydrogen) atoms. The molecule has 0 aliphatic carbocycles. The van der Waals surface area contributed by atoms with Crippen LogP contribution >= 0.6 is 0 Å². The van der Waals surface area contributed by atoms with Crippen molar-refractivity contribution >= 4 is 26.6 Å². The Morgan fingerprint density at radius 1 is 0.862 bits per heavy atom. The summed E-state index contributed by atoms with van der Waals surface area (Å²) in [6.45, 7) is 5.74. The summed E-state index contributed by atoms with van der Waals surface area (Å²) in [7, 11) is -3.82. The highest BCUT2D eigenvalue weighted by atomic mass is 32.2. The monoisotopic (exact) mass is 402 g/mol. The van der Waals surface area contributed by atoms with E-state index in [9.17, 15) is 13.2 Å². The summed E-state index contributed by atoms with van der Waals surface area (Å²) in [5.41, 5.74) is 3.50. The highest BCUT2D eigenvalue weighted by Gasteiger charge is 2.26. The van der Waals surface area contributed by atoms with Gasteiger partial charge in [0.25, 0.3) is 0 Å². The van der Waals surface area contributed by atoms with Crippen LogP contribution in [0.4, 0.5) is 0 Å². The topological polar surface area (TPSA) is 51.2 Å². The minimum absolute atomic E-state index is 0.227. The molecule has 3 aromatic rings. The average molecular weight is 403 g/mol. The maximum absolute atomic E-state index is 13.7. The zero-order valence-electron chi connectivity index (χ0n) is 16.2. The molecule has 0 fully saturated rings. The van der Waals surface area contributed by atoms with Gasteiger partial charge in [-0.25, -0.2) is 8.42 Å². The summed E-state index contributed by atoms with van der Waals surface area (Å²) < 4.78 is 27.5. The van der Waals surface area contributed by atoms with Crippen molar-refractivity contribution in [2.24, 2.45) is 0 Å². The molecule has 0 spiro atoms. The molecule has 3 nitrogen and oxygen atoms in total. The molecule has 0 heterocycles. The lowest BCUT2D eigenvalue weighted by Crippen LogP contribution is -2.07. The van der Waals surface area contributed by atoms with Gasteiger partial charge in [-0.05, 0) is 42.2 Å². The molecule has 3 aromatic carbocycles. The quantitative estimate of drug-likeness (QED) is 0.288. The van der Waals surface area contributed by atoms with Gasteiger partial charge < -0.3 is 0 Å². The van der Waals surface area contributed by atoms with Gasteiger partial charge in [0.1, 0.15) is 6.29 Å². The Bertz CT molecular complexity index is 1140. The molecular formula is C25H22O3S. The molecule has 0 aliphatic heterocycles. The Balaban J connectivity index is 2.34. The molecule has 3 rings (SSSR count). The van der Waals surface area contributed by atoms with Crippen molar-refractivity contribution in [3.05, 3.63) is 114 Å². The SMILES string of the molecule is C=CC/C(=C(\c1ccc(C=O)cc1)S(=O)(=O)c1ccc(C)cc1)c1ccccc1. The molecular weight excluding hydrogens is 380 g/mol. The fraction of sp³-hybridized carbons (Fsp3) is 0.0800. The molecule has 0 aliphatic rings. The van der Waals surface area contributed by atoms with Crippen LogP contribution in [-0.2, 0) is 9.84 Å². The van der Waals surface area contributed by atoms with E-state index < -0.39 is 9.84 Å². The number of aldehydes is 1. The van der Waals surface area contributed by atoms with Crippen LogP contribution in [0.5, 0.6) is 0 Å². The normalized spacial score (nSPS) is 12.2. The third-order valence-corrected chi connectivity index (χ3v) is 6.57. The van der Waals surface area contributed by atoms with Gasteiger partial charge in [-0.3, -0.25) is 4.79 Å². The summed E-state index contributed by atoms with van der Waals surface area (Å²) in [6.07, 6.45) is 2.83. The highest BCUT2D eigenvalue weighted by Crippen LogP contribution is 2.37. The van der Waals surface area contributed by atoms with Crippen molar-refractivity contribution in [1.82, 2.24) is 0 Å². The van der Waals surface area contributed by atoms with E-state index in [1.165, 1.54) is 0 Å². The number of hydrogen-bond acceptors (Lipinski definition) is 3. The van der Waals surface area contributed by atoms with Gasteiger partial charge in [-0.15, -0.1) is 6.58 Å². The van der Waals surface area contributed by atoms with Crippen molar-refractivity contribution in [3.63, 3.8) is 0 Å². The van der Waals surface area contributed by atoms with Gasteiger partial charge in [0, 0.05) is 5.56 Å². The maximum atomic E-state index is 13.7. The second-order valence-corrected chi connectivity index (χ2v) is 8.61. The molecule has 0 radical (unpaired) electrons. The number of hydrogen-bond donors (Lipinski definition) is 0. The average Bonchev–Trinajstić information content (AvgIpc) is 2.74. The van der Waals surface area contributed by atoms with Gasteiger partial charge in [-0.2, -0.15) is 0 Å². The first-order valence-electron chi connectivity index (χ1n) is 9.24. The van der Waals surface area contributed by atoms with Crippen LogP contribution in [0.15, 0.2) is 96.4 Å². The van der Waals surface area contributed by atoms with Crippen LogP contribution in [0.3, 0.4) is 0 Å². The first kappa shape index (κ1) is 20.5. The fourth-order valence-corrected chi connectivity index (χ4v) is 4.87. The molecule has 0 atom stereocenters. The third-order valence-electron chi connectivity index (χ3n) is 4.65. The molecule has 146 valence electrons. The molecule has 0 bridgehead atoms. The van der Waals surface area contributed by atoms with Gasteiger partial charge in [0.05, 0.1) is 9.80 Å². The van der Waals surface area contributed by atoms with Gasteiger partial charge in [0.2, 0.25) is 9.84 Å². The number of rotatable bonds is 7. The van der Waals surface area contributed by atoms with E-state index in [4.69, 9.17) is 0 Å². The smallest absolute Gasteiger partial charge is 0.207 e. The summed E-state index contributed by atoms with van der Waals surface area (Å²) in [5, 5.41) is 0. The largest absolute Gasteiger partial charge is 0.298 e. The van der Waals surface area contributed by atoms with Crippen LogP contribution in [0, 0.1) is 6.92 Å². The first-order valence-corrected chi connectivity index (χ1v) is 10.7. The summed E-state index contributed by atoms with van der Waals surface area (Å²) in [4.78, 5) is 11.5. The Morgan fingerprint density at radius 2 is 1.48 bits per heavy atom. The van der Waals surface area contributed by atoms with Crippen LogP contribution in [0.2, 0.25) is 0 Å².